The fourth-order valence-corrected chi connectivity index (χ4v) is 3.79. The van der Waals surface area contributed by atoms with E-state index in [0.29, 0.717) is 0 Å². The van der Waals surface area contributed by atoms with Crippen molar-refractivity contribution in [1.29, 1.82) is 5.26 Å². The predicted molar refractivity (Wildman–Crippen MR) is 103 cm³/mol. The van der Waals surface area contributed by atoms with E-state index >= 15 is 0 Å². The van der Waals surface area contributed by atoms with Gasteiger partial charge in [-0.05, 0) is 12.1 Å². The number of imide groups is 1. The summed E-state index contributed by atoms with van der Waals surface area (Å²) in [5.41, 5.74) is 0.226. The number of rotatable bonds is 5. The first kappa shape index (κ1) is 22.9. The highest BCUT2D eigenvalue weighted by atomic mass is 16.6. The molecule has 32 heavy (non-hydrogen) atoms. The minimum atomic E-state index is -1.46. The van der Waals surface area contributed by atoms with Gasteiger partial charge in [0.25, 0.3) is 11.8 Å². The molecule has 1 fully saturated rings. The molecule has 168 valence electrons. The second-order valence-electron chi connectivity index (χ2n) is 7.19. The van der Waals surface area contributed by atoms with Crippen molar-refractivity contribution in [2.45, 2.75) is 51.2 Å². The van der Waals surface area contributed by atoms with Gasteiger partial charge in [-0.15, -0.1) is 0 Å². The fourth-order valence-electron chi connectivity index (χ4n) is 3.79. The van der Waals surface area contributed by atoms with Crippen LogP contribution in [0.15, 0.2) is 24.3 Å². The number of fused-ring (bicyclic) bond motifs is 1. The van der Waals surface area contributed by atoms with Gasteiger partial charge in [-0.25, -0.2) is 0 Å². The lowest BCUT2D eigenvalue weighted by Crippen LogP contribution is -2.66. The van der Waals surface area contributed by atoms with E-state index in [9.17, 15) is 29.2 Å². The molecule has 3 rings (SSSR count). The number of benzene rings is 1. The molecule has 3 unspecified atom stereocenters. The molecule has 0 radical (unpaired) electrons. The summed E-state index contributed by atoms with van der Waals surface area (Å²) in [6.45, 7) is 2.91. The van der Waals surface area contributed by atoms with Crippen molar-refractivity contribution >= 4 is 29.7 Å². The number of hydrogen-bond donors (Lipinski definition) is 0. The number of ether oxygens (including phenoxy) is 4. The molecule has 0 aliphatic carbocycles. The Balaban J connectivity index is 2.07. The first-order valence-electron chi connectivity index (χ1n) is 9.65. The Morgan fingerprint density at radius 1 is 0.969 bits per heavy atom. The summed E-state index contributed by atoms with van der Waals surface area (Å²) < 4.78 is 21.3. The molecule has 0 bridgehead atoms. The van der Waals surface area contributed by atoms with E-state index in [1.54, 1.807) is 12.1 Å². The monoisotopic (exact) mass is 444 g/mol. The normalized spacial score (nSPS) is 26.7. The number of amides is 2. The lowest BCUT2D eigenvalue weighted by molar-refractivity contribution is -0.221. The summed E-state index contributed by atoms with van der Waals surface area (Å²) in [7, 11) is 0. The third-order valence-electron chi connectivity index (χ3n) is 4.96. The molecule has 1 aromatic rings. The predicted octanol–water partition coefficient (Wildman–Crippen LogP) is 0.369. The van der Waals surface area contributed by atoms with Gasteiger partial charge in [0, 0.05) is 20.8 Å². The number of hydrogen-bond acceptors (Lipinski definition) is 10. The van der Waals surface area contributed by atoms with Gasteiger partial charge in [-0.1, -0.05) is 12.1 Å². The standard InChI is InChI=1S/C21H20N2O9/c1-10(24)29-9-16-18(30-11(2)25)19(31-12(3)26)17(15(8-22)32-16)23-20(27)13-6-4-5-7-14(13)21(23)28/h4-7,15-19H,9H2,1-3H3/t15?,16-,17+,18?,19?/m1/s1. The molecular formula is C21H20N2O9. The average Bonchev–Trinajstić information content (AvgIpc) is 2.98. The molecule has 2 aliphatic heterocycles. The van der Waals surface area contributed by atoms with Gasteiger partial charge in [0.1, 0.15) is 18.8 Å². The van der Waals surface area contributed by atoms with E-state index in [0.717, 1.165) is 25.7 Å². The van der Waals surface area contributed by atoms with Crippen molar-refractivity contribution < 1.29 is 42.9 Å². The lowest BCUT2D eigenvalue weighted by atomic mass is 9.91. The quantitative estimate of drug-likeness (QED) is 0.354. The molecule has 0 spiro atoms. The van der Waals surface area contributed by atoms with E-state index in [-0.39, 0.29) is 11.1 Å². The molecule has 1 saturated heterocycles. The maximum absolute atomic E-state index is 13.0. The van der Waals surface area contributed by atoms with Crippen LogP contribution < -0.4 is 0 Å². The smallest absolute Gasteiger partial charge is 0.303 e. The Morgan fingerprint density at radius 3 is 1.97 bits per heavy atom. The molecule has 0 saturated carbocycles. The van der Waals surface area contributed by atoms with Gasteiger partial charge < -0.3 is 18.9 Å². The van der Waals surface area contributed by atoms with Gasteiger partial charge in [0.15, 0.2) is 18.3 Å². The molecule has 1 aromatic carbocycles. The number of esters is 3. The Bertz CT molecular complexity index is 980. The zero-order chi connectivity index (χ0) is 23.6. The van der Waals surface area contributed by atoms with Gasteiger partial charge in [-0.3, -0.25) is 28.9 Å². The van der Waals surface area contributed by atoms with Crippen molar-refractivity contribution in [2.75, 3.05) is 6.61 Å². The first-order chi connectivity index (χ1) is 15.1. The van der Waals surface area contributed by atoms with E-state index in [2.05, 4.69) is 0 Å². The molecular weight excluding hydrogens is 424 g/mol. The van der Waals surface area contributed by atoms with Crippen LogP contribution in [0.2, 0.25) is 0 Å². The van der Waals surface area contributed by atoms with Crippen LogP contribution >= 0.6 is 0 Å². The van der Waals surface area contributed by atoms with Gasteiger partial charge >= 0.3 is 17.9 Å². The second kappa shape index (κ2) is 9.15. The Labute approximate surface area is 182 Å². The summed E-state index contributed by atoms with van der Waals surface area (Å²) in [6.07, 6.45) is -5.47. The number of carbonyl (C=O) groups is 5. The maximum Gasteiger partial charge on any atom is 0.303 e. The van der Waals surface area contributed by atoms with E-state index in [4.69, 9.17) is 18.9 Å². The summed E-state index contributed by atoms with van der Waals surface area (Å²) in [4.78, 5) is 61.8. The number of nitriles is 1. The summed E-state index contributed by atoms with van der Waals surface area (Å²) in [5.74, 6) is -3.66. The topological polar surface area (TPSA) is 149 Å². The molecule has 11 nitrogen and oxygen atoms in total. The van der Waals surface area contributed by atoms with Crippen LogP contribution in [0.4, 0.5) is 0 Å². The Morgan fingerprint density at radius 2 is 1.50 bits per heavy atom. The molecule has 5 atom stereocenters. The van der Waals surface area contributed by atoms with E-state index < -0.39 is 66.8 Å². The maximum atomic E-state index is 13.0. The minimum absolute atomic E-state index is 0.113. The summed E-state index contributed by atoms with van der Waals surface area (Å²) in [5, 5.41) is 9.75. The van der Waals surface area contributed by atoms with Crippen LogP contribution in [0.5, 0.6) is 0 Å². The van der Waals surface area contributed by atoms with Crippen LogP contribution in [0.1, 0.15) is 41.5 Å². The Kier molecular flexibility index (Phi) is 6.55. The summed E-state index contributed by atoms with van der Waals surface area (Å²) in [6, 6.07) is 6.49. The summed E-state index contributed by atoms with van der Waals surface area (Å²) >= 11 is 0. The highest BCUT2D eigenvalue weighted by Gasteiger charge is 2.56. The third-order valence-corrected chi connectivity index (χ3v) is 4.96. The third kappa shape index (κ3) is 4.31. The lowest BCUT2D eigenvalue weighted by Gasteiger charge is -2.45. The van der Waals surface area contributed by atoms with Gasteiger partial charge in [0.2, 0.25) is 0 Å². The largest absolute Gasteiger partial charge is 0.463 e. The van der Waals surface area contributed by atoms with Crippen LogP contribution in [-0.2, 0) is 33.3 Å². The van der Waals surface area contributed by atoms with Crippen molar-refractivity contribution in [3.05, 3.63) is 35.4 Å². The van der Waals surface area contributed by atoms with Gasteiger partial charge in [-0.2, -0.15) is 5.26 Å². The molecule has 0 N–H and O–H groups in total. The van der Waals surface area contributed by atoms with E-state index in [1.807, 2.05) is 6.07 Å². The molecule has 0 aromatic heterocycles. The fraction of sp³-hybridized carbons (Fsp3) is 0.429. The molecule has 2 amide bonds. The SMILES string of the molecule is CC(=O)OC[C@H]1OC(C#N)[C@H](N2C(=O)c3ccccc3C2=O)C(OC(C)=O)C1OC(C)=O. The van der Waals surface area contributed by atoms with Gasteiger partial charge in [0.05, 0.1) is 17.2 Å². The van der Waals surface area contributed by atoms with Crippen molar-refractivity contribution in [1.82, 2.24) is 4.90 Å². The zero-order valence-corrected chi connectivity index (χ0v) is 17.5. The highest BCUT2D eigenvalue weighted by Crippen LogP contribution is 2.34. The Hall–Kier alpha value is -3.78. The van der Waals surface area contributed by atoms with E-state index in [1.165, 1.54) is 12.1 Å². The minimum Gasteiger partial charge on any atom is -0.463 e. The average molecular weight is 444 g/mol. The molecule has 11 heteroatoms. The van der Waals surface area contributed by atoms with Crippen molar-refractivity contribution in [3.63, 3.8) is 0 Å². The number of nitrogens with zero attached hydrogens (tertiary/aromatic N) is 2. The van der Waals surface area contributed by atoms with Crippen molar-refractivity contribution in [3.8, 4) is 6.07 Å². The number of carbonyl (C=O) groups excluding carboxylic acids is 5. The molecule has 2 heterocycles. The van der Waals surface area contributed by atoms with Crippen molar-refractivity contribution in [2.24, 2.45) is 0 Å². The second-order valence-corrected chi connectivity index (χ2v) is 7.19. The van der Waals surface area contributed by atoms with Crippen LogP contribution in [0.25, 0.3) is 0 Å². The van der Waals surface area contributed by atoms with Crippen LogP contribution in [0.3, 0.4) is 0 Å². The highest BCUT2D eigenvalue weighted by molar-refractivity contribution is 6.21. The van der Waals surface area contributed by atoms with Crippen LogP contribution in [0, 0.1) is 11.3 Å². The van der Waals surface area contributed by atoms with Crippen LogP contribution in [-0.4, -0.2) is 71.7 Å². The molecule has 2 aliphatic rings. The zero-order valence-electron chi connectivity index (χ0n) is 17.5. The first-order valence-corrected chi connectivity index (χ1v) is 9.65.